The average Bonchev–Trinajstić information content (AvgIpc) is 3.13. The Kier molecular flexibility index (Phi) is 5.57. The van der Waals surface area contributed by atoms with Crippen molar-refractivity contribution in [3.8, 4) is 6.07 Å². The standard InChI is InChI=1S/C21H18ClFN4O/c1-21(2,12-24)16-9-14(22)10-17(18(16)23)27-20(28)19-25-11-15(26-19)8-13-6-4-3-5-7-13/h3-7,9-10H,8,11H2,1-2H3,(H,27,28). The molecule has 0 saturated heterocycles. The molecular formula is C21H18ClFN4O. The number of nitrogens with one attached hydrogen (secondary N) is 1. The lowest BCUT2D eigenvalue weighted by atomic mass is 9.85. The Labute approximate surface area is 167 Å². The Hall–Kier alpha value is -3.04. The van der Waals surface area contributed by atoms with Gasteiger partial charge in [-0.3, -0.25) is 9.79 Å². The van der Waals surface area contributed by atoms with Crippen LogP contribution in [0, 0.1) is 17.1 Å². The number of carbonyl (C=O) groups excluding carboxylic acids is 1. The van der Waals surface area contributed by atoms with Gasteiger partial charge in [-0.25, -0.2) is 9.38 Å². The molecule has 0 spiro atoms. The van der Waals surface area contributed by atoms with Gasteiger partial charge >= 0.3 is 0 Å². The van der Waals surface area contributed by atoms with Gasteiger partial charge in [0.1, 0.15) is 0 Å². The van der Waals surface area contributed by atoms with Crippen LogP contribution in [0.5, 0.6) is 0 Å². The van der Waals surface area contributed by atoms with Crippen LogP contribution in [0.2, 0.25) is 5.02 Å². The molecule has 0 aliphatic carbocycles. The van der Waals surface area contributed by atoms with Gasteiger partial charge in [0, 0.05) is 22.7 Å². The Morgan fingerprint density at radius 2 is 2.04 bits per heavy atom. The number of rotatable bonds is 5. The number of anilines is 1. The third-order valence-electron chi connectivity index (χ3n) is 4.37. The lowest BCUT2D eigenvalue weighted by molar-refractivity contribution is -0.110. The number of aliphatic imine (C=N–C) groups is 2. The highest BCUT2D eigenvalue weighted by atomic mass is 35.5. The van der Waals surface area contributed by atoms with Gasteiger partial charge in [-0.2, -0.15) is 5.26 Å². The second-order valence-electron chi connectivity index (χ2n) is 6.99. The first-order chi connectivity index (χ1) is 13.3. The van der Waals surface area contributed by atoms with E-state index in [0.717, 1.165) is 11.3 Å². The fourth-order valence-electron chi connectivity index (χ4n) is 2.81. The van der Waals surface area contributed by atoms with Crippen LogP contribution in [0.1, 0.15) is 25.0 Å². The molecule has 0 bridgehead atoms. The summed E-state index contributed by atoms with van der Waals surface area (Å²) in [7, 11) is 0. The second-order valence-corrected chi connectivity index (χ2v) is 7.42. The van der Waals surface area contributed by atoms with Crippen molar-refractivity contribution in [3.63, 3.8) is 0 Å². The van der Waals surface area contributed by atoms with E-state index in [2.05, 4.69) is 15.3 Å². The summed E-state index contributed by atoms with van der Waals surface area (Å²) in [6, 6.07) is 14.5. The van der Waals surface area contributed by atoms with Gasteiger partial charge in [0.25, 0.3) is 5.91 Å². The fourth-order valence-corrected chi connectivity index (χ4v) is 3.03. The van der Waals surface area contributed by atoms with Crippen molar-refractivity contribution in [1.82, 2.24) is 0 Å². The number of halogens is 2. The first-order valence-electron chi connectivity index (χ1n) is 8.67. The number of hydrogen-bond donors (Lipinski definition) is 1. The van der Waals surface area contributed by atoms with Gasteiger partial charge in [0.2, 0.25) is 5.84 Å². The summed E-state index contributed by atoms with van der Waals surface area (Å²) in [5.41, 5.74) is 0.738. The third-order valence-corrected chi connectivity index (χ3v) is 4.59. The summed E-state index contributed by atoms with van der Waals surface area (Å²) < 4.78 is 14.8. The van der Waals surface area contributed by atoms with Crippen LogP contribution in [0.15, 0.2) is 52.4 Å². The Bertz CT molecular complexity index is 1020. The van der Waals surface area contributed by atoms with E-state index in [4.69, 9.17) is 11.6 Å². The first-order valence-corrected chi connectivity index (χ1v) is 9.05. The molecule has 0 radical (unpaired) electrons. The molecule has 0 atom stereocenters. The number of amides is 1. The Morgan fingerprint density at radius 3 is 2.71 bits per heavy atom. The van der Waals surface area contributed by atoms with E-state index in [9.17, 15) is 14.4 Å². The number of nitrogens with zero attached hydrogens (tertiary/aromatic N) is 3. The van der Waals surface area contributed by atoms with Crippen LogP contribution in [0.3, 0.4) is 0 Å². The lowest BCUT2D eigenvalue weighted by Crippen LogP contribution is -2.23. The van der Waals surface area contributed by atoms with E-state index >= 15 is 0 Å². The minimum atomic E-state index is -1.10. The zero-order valence-corrected chi connectivity index (χ0v) is 16.2. The molecule has 1 aliphatic rings. The highest BCUT2D eigenvalue weighted by molar-refractivity contribution is 6.45. The van der Waals surface area contributed by atoms with Crippen LogP contribution in [-0.4, -0.2) is 24.0 Å². The maximum absolute atomic E-state index is 14.8. The zero-order valence-electron chi connectivity index (χ0n) is 15.5. The minimum Gasteiger partial charge on any atom is -0.317 e. The van der Waals surface area contributed by atoms with Crippen molar-refractivity contribution in [2.24, 2.45) is 9.98 Å². The predicted molar refractivity (Wildman–Crippen MR) is 109 cm³/mol. The molecule has 3 rings (SSSR count). The first kappa shape index (κ1) is 19.7. The minimum absolute atomic E-state index is 0.00796. The van der Waals surface area contributed by atoms with E-state index in [-0.39, 0.29) is 22.1 Å². The van der Waals surface area contributed by atoms with Crippen LogP contribution in [-0.2, 0) is 16.6 Å². The smallest absolute Gasteiger partial charge is 0.293 e. The number of carbonyl (C=O) groups is 1. The number of benzene rings is 2. The molecule has 1 heterocycles. The molecule has 5 nitrogen and oxygen atoms in total. The summed E-state index contributed by atoms with van der Waals surface area (Å²) in [5, 5.41) is 12.0. The van der Waals surface area contributed by atoms with E-state index < -0.39 is 17.1 Å². The molecule has 0 aromatic heterocycles. The fraction of sp³-hybridized carbons (Fsp3) is 0.238. The van der Waals surface area contributed by atoms with E-state index in [1.54, 1.807) is 13.8 Å². The van der Waals surface area contributed by atoms with Crippen molar-refractivity contribution >= 4 is 34.7 Å². The third kappa shape index (κ3) is 4.26. The highest BCUT2D eigenvalue weighted by Crippen LogP contribution is 2.32. The molecule has 0 fully saturated rings. The maximum Gasteiger partial charge on any atom is 0.293 e. The van der Waals surface area contributed by atoms with Crippen molar-refractivity contribution in [2.45, 2.75) is 25.7 Å². The monoisotopic (exact) mass is 396 g/mol. The summed E-state index contributed by atoms with van der Waals surface area (Å²) in [6.07, 6.45) is 0.590. The zero-order chi connectivity index (χ0) is 20.3. The molecule has 28 heavy (non-hydrogen) atoms. The van der Waals surface area contributed by atoms with Crippen LogP contribution in [0.25, 0.3) is 0 Å². The molecule has 1 N–H and O–H groups in total. The molecule has 7 heteroatoms. The maximum atomic E-state index is 14.8. The highest BCUT2D eigenvalue weighted by Gasteiger charge is 2.27. The number of amidine groups is 1. The summed E-state index contributed by atoms with van der Waals surface area (Å²) in [4.78, 5) is 20.9. The second kappa shape index (κ2) is 7.91. The lowest BCUT2D eigenvalue weighted by Gasteiger charge is -2.19. The summed E-state index contributed by atoms with van der Waals surface area (Å²) in [6.45, 7) is 3.48. The molecule has 1 amide bonds. The van der Waals surface area contributed by atoms with Gasteiger partial charge < -0.3 is 5.32 Å². The van der Waals surface area contributed by atoms with Crippen LogP contribution in [0.4, 0.5) is 10.1 Å². The van der Waals surface area contributed by atoms with Crippen molar-refractivity contribution in [2.75, 3.05) is 11.9 Å². The molecule has 0 saturated carbocycles. The van der Waals surface area contributed by atoms with Crippen LogP contribution >= 0.6 is 11.6 Å². The van der Waals surface area contributed by atoms with Crippen molar-refractivity contribution < 1.29 is 9.18 Å². The van der Waals surface area contributed by atoms with Crippen molar-refractivity contribution in [1.29, 1.82) is 5.26 Å². The number of nitriles is 1. The quantitative estimate of drug-likeness (QED) is 0.817. The van der Waals surface area contributed by atoms with Gasteiger partial charge in [-0.1, -0.05) is 41.9 Å². The van der Waals surface area contributed by atoms with Gasteiger partial charge in [0.15, 0.2) is 5.82 Å². The predicted octanol–water partition coefficient (Wildman–Crippen LogP) is 4.31. The normalized spacial score (nSPS) is 13.5. The summed E-state index contributed by atoms with van der Waals surface area (Å²) >= 11 is 6.06. The SMILES string of the molecule is CC(C)(C#N)c1cc(Cl)cc(NC(=O)C2=NCC(Cc3ccccc3)=N2)c1F. The van der Waals surface area contributed by atoms with E-state index in [1.807, 2.05) is 36.4 Å². The Balaban J connectivity index is 1.78. The van der Waals surface area contributed by atoms with Gasteiger partial charge in [-0.15, -0.1) is 0 Å². The molecule has 1 aliphatic heterocycles. The largest absolute Gasteiger partial charge is 0.317 e. The molecule has 2 aromatic rings. The van der Waals surface area contributed by atoms with Gasteiger partial charge in [-0.05, 0) is 31.5 Å². The Morgan fingerprint density at radius 1 is 1.32 bits per heavy atom. The molecular weight excluding hydrogens is 379 g/mol. The van der Waals surface area contributed by atoms with Crippen LogP contribution < -0.4 is 5.32 Å². The number of hydrogen-bond acceptors (Lipinski definition) is 4. The molecule has 2 aromatic carbocycles. The van der Waals surface area contributed by atoms with E-state index in [1.165, 1.54) is 12.1 Å². The van der Waals surface area contributed by atoms with Gasteiger partial charge in [0.05, 0.1) is 23.7 Å². The summed E-state index contributed by atoms with van der Waals surface area (Å²) in [5.74, 6) is -1.33. The molecule has 0 unspecified atom stereocenters. The van der Waals surface area contributed by atoms with Crippen molar-refractivity contribution in [3.05, 3.63) is 64.4 Å². The topological polar surface area (TPSA) is 77.6 Å². The van der Waals surface area contributed by atoms with E-state index in [0.29, 0.717) is 13.0 Å². The average molecular weight is 397 g/mol. The molecule has 142 valence electrons.